The zero-order valence-corrected chi connectivity index (χ0v) is 14.8. The zero-order chi connectivity index (χ0) is 15.9. The maximum atomic E-state index is 5.58. The lowest BCUT2D eigenvalue weighted by Gasteiger charge is -2.33. The van der Waals surface area contributed by atoms with Crippen molar-refractivity contribution in [2.24, 2.45) is 0 Å². The minimum absolute atomic E-state index is 0.691. The van der Waals surface area contributed by atoms with Crippen molar-refractivity contribution in [1.29, 1.82) is 0 Å². The molecule has 1 aromatic carbocycles. The first-order valence-electron chi connectivity index (χ1n) is 8.64. The van der Waals surface area contributed by atoms with E-state index in [1.807, 2.05) is 0 Å². The first-order valence-corrected chi connectivity index (χ1v) is 8.64. The van der Waals surface area contributed by atoms with Crippen LogP contribution in [-0.2, 0) is 13.0 Å². The molecule has 124 valence electrons. The summed E-state index contributed by atoms with van der Waals surface area (Å²) in [5, 5.41) is 0. The van der Waals surface area contributed by atoms with E-state index < -0.39 is 0 Å². The summed E-state index contributed by atoms with van der Waals surface area (Å²) in [5.41, 5.74) is 2.78. The first kappa shape index (κ1) is 17.3. The van der Waals surface area contributed by atoms with Crippen molar-refractivity contribution in [3.8, 4) is 5.75 Å². The summed E-state index contributed by atoms with van der Waals surface area (Å²) in [6, 6.07) is 7.42. The van der Waals surface area contributed by atoms with E-state index in [2.05, 4.69) is 49.0 Å². The molecule has 1 saturated heterocycles. The van der Waals surface area contributed by atoms with Crippen LogP contribution in [0.4, 0.5) is 0 Å². The molecule has 1 aliphatic rings. The topological polar surface area (TPSA) is 15.7 Å². The molecule has 0 spiro atoms. The van der Waals surface area contributed by atoms with Gasteiger partial charge in [-0.1, -0.05) is 18.6 Å². The van der Waals surface area contributed by atoms with Gasteiger partial charge in [-0.15, -0.1) is 0 Å². The Morgan fingerprint density at radius 1 is 1.27 bits per heavy atom. The molecule has 1 atom stereocenters. The van der Waals surface area contributed by atoms with Crippen LogP contribution in [0.5, 0.6) is 5.75 Å². The van der Waals surface area contributed by atoms with Gasteiger partial charge in [-0.25, -0.2) is 0 Å². The summed E-state index contributed by atoms with van der Waals surface area (Å²) in [5.74, 6) is 1.04. The molecule has 1 aromatic rings. The molecule has 0 aromatic heterocycles. The van der Waals surface area contributed by atoms with E-state index in [9.17, 15) is 0 Å². The lowest BCUT2D eigenvalue weighted by Crippen LogP contribution is -2.36. The highest BCUT2D eigenvalue weighted by Crippen LogP contribution is 2.26. The molecular weight excluding hydrogens is 272 g/mol. The van der Waals surface area contributed by atoms with Gasteiger partial charge in [-0.3, -0.25) is 4.90 Å². The Morgan fingerprint density at radius 2 is 2.09 bits per heavy atom. The van der Waals surface area contributed by atoms with Gasteiger partial charge < -0.3 is 9.64 Å². The molecule has 0 radical (unpaired) electrons. The second-order valence-electron chi connectivity index (χ2n) is 6.87. The molecule has 3 nitrogen and oxygen atoms in total. The average Bonchev–Trinajstić information content (AvgIpc) is 2.49. The summed E-state index contributed by atoms with van der Waals surface area (Å²) >= 11 is 0. The van der Waals surface area contributed by atoms with Gasteiger partial charge in [-0.2, -0.15) is 0 Å². The van der Waals surface area contributed by atoms with E-state index >= 15 is 0 Å². The molecule has 22 heavy (non-hydrogen) atoms. The lowest BCUT2D eigenvalue weighted by molar-refractivity contribution is 0.151. The Bertz CT molecular complexity index is 459. The molecule has 1 aliphatic heterocycles. The van der Waals surface area contributed by atoms with Gasteiger partial charge in [0.1, 0.15) is 5.75 Å². The fraction of sp³-hybridized carbons (Fsp3) is 0.684. The minimum atomic E-state index is 0.691. The smallest absolute Gasteiger partial charge is 0.123 e. The SMILES string of the molecule is COc1ccc(CCCN(C)C)cc1CN1CCCCC1C. The molecule has 2 rings (SSSR count). The van der Waals surface area contributed by atoms with Crippen LogP contribution in [0.15, 0.2) is 18.2 Å². The minimum Gasteiger partial charge on any atom is -0.496 e. The van der Waals surface area contributed by atoms with Crippen molar-refractivity contribution in [1.82, 2.24) is 9.80 Å². The zero-order valence-electron chi connectivity index (χ0n) is 14.8. The van der Waals surface area contributed by atoms with E-state index in [1.165, 1.54) is 43.4 Å². The number of benzene rings is 1. The number of nitrogens with zero attached hydrogens (tertiary/aromatic N) is 2. The highest BCUT2D eigenvalue weighted by Gasteiger charge is 2.19. The number of piperidine rings is 1. The molecular formula is C19H32N2O. The number of methoxy groups -OCH3 is 1. The predicted octanol–water partition coefficient (Wildman–Crippen LogP) is 3.56. The van der Waals surface area contributed by atoms with Gasteiger partial charge in [0, 0.05) is 18.2 Å². The van der Waals surface area contributed by atoms with Crippen molar-refractivity contribution in [3.63, 3.8) is 0 Å². The molecule has 1 fully saturated rings. The molecule has 0 amide bonds. The Hall–Kier alpha value is -1.06. The van der Waals surface area contributed by atoms with E-state index in [0.717, 1.165) is 25.3 Å². The molecule has 1 heterocycles. The maximum Gasteiger partial charge on any atom is 0.123 e. The molecule has 1 unspecified atom stereocenters. The second-order valence-corrected chi connectivity index (χ2v) is 6.87. The highest BCUT2D eigenvalue weighted by atomic mass is 16.5. The largest absolute Gasteiger partial charge is 0.496 e. The molecule has 0 bridgehead atoms. The third kappa shape index (κ3) is 4.99. The van der Waals surface area contributed by atoms with Crippen molar-refractivity contribution in [2.75, 3.05) is 34.3 Å². The summed E-state index contributed by atoms with van der Waals surface area (Å²) < 4.78 is 5.58. The fourth-order valence-corrected chi connectivity index (χ4v) is 3.32. The Morgan fingerprint density at radius 3 is 2.77 bits per heavy atom. The van der Waals surface area contributed by atoms with Gasteiger partial charge in [0.25, 0.3) is 0 Å². The molecule has 0 aliphatic carbocycles. The number of hydrogen-bond donors (Lipinski definition) is 0. The monoisotopic (exact) mass is 304 g/mol. The number of aryl methyl sites for hydroxylation is 1. The summed E-state index contributed by atoms with van der Waals surface area (Å²) in [6.07, 6.45) is 6.38. The molecule has 0 saturated carbocycles. The van der Waals surface area contributed by atoms with Crippen LogP contribution in [0, 0.1) is 0 Å². The summed E-state index contributed by atoms with van der Waals surface area (Å²) in [7, 11) is 6.05. The summed E-state index contributed by atoms with van der Waals surface area (Å²) in [4.78, 5) is 4.85. The van der Waals surface area contributed by atoms with E-state index in [0.29, 0.717) is 6.04 Å². The van der Waals surface area contributed by atoms with Crippen molar-refractivity contribution in [2.45, 2.75) is 51.6 Å². The normalized spacial score (nSPS) is 19.6. The number of likely N-dealkylation sites (tertiary alicyclic amines) is 1. The Balaban J connectivity index is 2.03. The van der Waals surface area contributed by atoms with Crippen LogP contribution in [0.25, 0.3) is 0 Å². The van der Waals surface area contributed by atoms with Crippen LogP contribution < -0.4 is 4.74 Å². The van der Waals surface area contributed by atoms with Crippen LogP contribution in [-0.4, -0.2) is 50.1 Å². The fourth-order valence-electron chi connectivity index (χ4n) is 3.32. The second kappa shape index (κ2) is 8.54. The van der Waals surface area contributed by atoms with E-state index in [1.54, 1.807) is 7.11 Å². The summed E-state index contributed by atoms with van der Waals surface area (Å²) in [6.45, 7) is 5.73. The lowest BCUT2D eigenvalue weighted by atomic mass is 10.0. The Kier molecular flexibility index (Phi) is 6.71. The molecule has 3 heteroatoms. The number of rotatable bonds is 7. The van der Waals surface area contributed by atoms with E-state index in [-0.39, 0.29) is 0 Å². The first-order chi connectivity index (χ1) is 10.6. The van der Waals surface area contributed by atoms with Crippen LogP contribution >= 0.6 is 0 Å². The van der Waals surface area contributed by atoms with Crippen LogP contribution in [0.2, 0.25) is 0 Å². The number of hydrogen-bond acceptors (Lipinski definition) is 3. The standard InChI is InChI=1S/C19H32N2O/c1-16-8-5-6-13-21(16)15-18-14-17(9-7-12-20(2)3)10-11-19(18)22-4/h10-11,14,16H,5-9,12-13,15H2,1-4H3. The van der Waals surface area contributed by atoms with Crippen LogP contribution in [0.3, 0.4) is 0 Å². The average molecular weight is 304 g/mol. The van der Waals surface area contributed by atoms with Crippen molar-refractivity contribution < 1.29 is 4.74 Å². The van der Waals surface area contributed by atoms with Gasteiger partial charge in [0.2, 0.25) is 0 Å². The Labute approximate surface area is 136 Å². The molecule has 0 N–H and O–H groups in total. The third-order valence-electron chi connectivity index (χ3n) is 4.73. The van der Waals surface area contributed by atoms with Crippen molar-refractivity contribution >= 4 is 0 Å². The highest BCUT2D eigenvalue weighted by molar-refractivity contribution is 5.37. The number of ether oxygens (including phenoxy) is 1. The predicted molar refractivity (Wildman–Crippen MR) is 93.6 cm³/mol. The third-order valence-corrected chi connectivity index (χ3v) is 4.73. The van der Waals surface area contributed by atoms with Crippen LogP contribution in [0.1, 0.15) is 43.7 Å². The maximum absolute atomic E-state index is 5.58. The van der Waals surface area contributed by atoms with Gasteiger partial charge in [-0.05, 0) is 71.4 Å². The van der Waals surface area contributed by atoms with E-state index in [4.69, 9.17) is 4.74 Å². The quantitative estimate of drug-likeness (QED) is 0.766. The van der Waals surface area contributed by atoms with Gasteiger partial charge in [0.15, 0.2) is 0 Å². The van der Waals surface area contributed by atoms with Crippen molar-refractivity contribution in [3.05, 3.63) is 29.3 Å². The van der Waals surface area contributed by atoms with Gasteiger partial charge in [0.05, 0.1) is 7.11 Å². The van der Waals surface area contributed by atoms with Gasteiger partial charge >= 0.3 is 0 Å².